The van der Waals surface area contributed by atoms with Gasteiger partial charge in [-0.15, -0.1) is 0 Å². The molecule has 0 aliphatic carbocycles. The van der Waals surface area contributed by atoms with Crippen LogP contribution >= 0.6 is 0 Å². The molecule has 0 spiro atoms. The number of nitrogens with zero attached hydrogens (tertiary/aromatic N) is 2. The van der Waals surface area contributed by atoms with Crippen LogP contribution in [0, 0.1) is 0 Å². The summed E-state index contributed by atoms with van der Waals surface area (Å²) in [6.45, 7) is 4.91. The van der Waals surface area contributed by atoms with Crippen molar-refractivity contribution in [2.24, 2.45) is 4.99 Å². The highest BCUT2D eigenvalue weighted by Gasteiger charge is 2.35. The SMILES string of the molecule is F[C@@]1(CNC2=NC(c3ccc(N4CCOCC4)cc3)=CC3NC=CNC23)CCCNC1. The Kier molecular flexibility index (Phi) is 5.82. The number of hydrogen-bond acceptors (Lipinski definition) is 7. The Balaban J connectivity index is 1.34. The van der Waals surface area contributed by atoms with Crippen molar-refractivity contribution < 1.29 is 9.13 Å². The van der Waals surface area contributed by atoms with Gasteiger partial charge in [0, 0.05) is 43.3 Å². The molecule has 0 saturated carbocycles. The van der Waals surface area contributed by atoms with Crippen molar-refractivity contribution in [1.82, 2.24) is 21.3 Å². The maximum Gasteiger partial charge on any atom is 0.140 e. The number of rotatable bonds is 4. The second-order valence-corrected chi connectivity index (χ2v) is 8.65. The summed E-state index contributed by atoms with van der Waals surface area (Å²) in [6.07, 6.45) is 7.36. The van der Waals surface area contributed by atoms with E-state index in [2.05, 4.69) is 56.5 Å². The van der Waals surface area contributed by atoms with E-state index in [4.69, 9.17) is 9.73 Å². The van der Waals surface area contributed by atoms with Crippen molar-refractivity contribution in [3.05, 3.63) is 48.3 Å². The molecule has 2 saturated heterocycles. The molecule has 1 aromatic rings. The summed E-state index contributed by atoms with van der Waals surface area (Å²) in [5.74, 6) is 0.777. The first-order chi connectivity index (χ1) is 15.2. The van der Waals surface area contributed by atoms with E-state index in [0.717, 1.165) is 56.4 Å². The van der Waals surface area contributed by atoms with E-state index in [1.165, 1.54) is 5.69 Å². The maximum absolute atomic E-state index is 15.1. The van der Waals surface area contributed by atoms with Crippen molar-refractivity contribution in [1.29, 1.82) is 0 Å². The summed E-state index contributed by atoms with van der Waals surface area (Å²) in [6, 6.07) is 8.54. The molecule has 2 fully saturated rings. The van der Waals surface area contributed by atoms with Crippen LogP contribution in [0.25, 0.3) is 5.70 Å². The van der Waals surface area contributed by atoms with E-state index < -0.39 is 5.67 Å². The number of anilines is 1. The molecule has 0 bridgehead atoms. The van der Waals surface area contributed by atoms with Crippen LogP contribution < -0.4 is 26.2 Å². The minimum atomic E-state index is -1.24. The Morgan fingerprint density at radius 1 is 1.16 bits per heavy atom. The molecule has 166 valence electrons. The summed E-state index contributed by atoms with van der Waals surface area (Å²) in [7, 11) is 0. The van der Waals surface area contributed by atoms with Gasteiger partial charge in [-0.1, -0.05) is 12.1 Å². The molecular weight excluding hydrogens is 395 g/mol. The second kappa shape index (κ2) is 8.88. The summed E-state index contributed by atoms with van der Waals surface area (Å²) >= 11 is 0. The highest BCUT2D eigenvalue weighted by Crippen LogP contribution is 2.26. The molecule has 7 nitrogen and oxygen atoms in total. The van der Waals surface area contributed by atoms with E-state index in [1.54, 1.807) is 0 Å². The van der Waals surface area contributed by atoms with Crippen LogP contribution in [0.15, 0.2) is 47.7 Å². The summed E-state index contributed by atoms with van der Waals surface area (Å²) in [5.41, 5.74) is 1.92. The van der Waals surface area contributed by atoms with E-state index in [0.29, 0.717) is 13.0 Å². The number of fused-ring (bicyclic) bond motifs is 1. The monoisotopic (exact) mass is 426 g/mol. The van der Waals surface area contributed by atoms with E-state index >= 15 is 4.39 Å². The zero-order chi connectivity index (χ0) is 21.1. The molecule has 8 heteroatoms. The molecule has 5 rings (SSSR count). The number of hydrogen-bond donors (Lipinski definition) is 4. The quantitative estimate of drug-likeness (QED) is 0.583. The molecule has 0 aromatic heterocycles. The fraction of sp³-hybridized carbons (Fsp3) is 0.522. The number of aliphatic imine (C=N–C) groups is 1. The van der Waals surface area contributed by atoms with Gasteiger partial charge in [0.05, 0.1) is 31.5 Å². The average molecular weight is 427 g/mol. The third kappa shape index (κ3) is 4.55. The van der Waals surface area contributed by atoms with Crippen molar-refractivity contribution in [2.45, 2.75) is 30.6 Å². The lowest BCUT2D eigenvalue weighted by Crippen LogP contribution is -2.59. The summed E-state index contributed by atoms with van der Waals surface area (Å²) in [4.78, 5) is 7.24. The van der Waals surface area contributed by atoms with Crippen LogP contribution in [0.1, 0.15) is 18.4 Å². The normalized spacial score (nSPS) is 30.4. The summed E-state index contributed by atoms with van der Waals surface area (Å²) < 4.78 is 20.6. The van der Waals surface area contributed by atoms with Gasteiger partial charge in [0.15, 0.2) is 0 Å². The lowest BCUT2D eigenvalue weighted by atomic mass is 9.95. The minimum Gasteiger partial charge on any atom is -0.381 e. The standard InChI is InChI=1S/C23H31FN6O/c24-23(6-1-7-25-15-23)16-28-22-21-20(26-8-9-27-21)14-19(29-22)17-2-4-18(5-3-17)30-10-12-31-13-11-30/h2-5,8-9,14,20-21,25-27H,1,6-7,10-13,15-16H2,(H,28,29)/t20?,21?,23-/m0/s1. The van der Waals surface area contributed by atoms with Gasteiger partial charge in [0.1, 0.15) is 17.5 Å². The molecule has 4 aliphatic heterocycles. The van der Waals surface area contributed by atoms with Crippen LogP contribution in [-0.4, -0.2) is 69.5 Å². The Morgan fingerprint density at radius 2 is 1.97 bits per heavy atom. The van der Waals surface area contributed by atoms with Crippen molar-refractivity contribution in [3.8, 4) is 0 Å². The number of benzene rings is 1. The van der Waals surface area contributed by atoms with Gasteiger partial charge >= 0.3 is 0 Å². The maximum atomic E-state index is 15.1. The van der Waals surface area contributed by atoms with Crippen molar-refractivity contribution >= 4 is 17.2 Å². The van der Waals surface area contributed by atoms with Gasteiger partial charge in [-0.3, -0.25) is 0 Å². The second-order valence-electron chi connectivity index (χ2n) is 8.65. The van der Waals surface area contributed by atoms with Gasteiger partial charge in [0.2, 0.25) is 0 Å². The van der Waals surface area contributed by atoms with Gasteiger partial charge < -0.3 is 30.9 Å². The lowest BCUT2D eigenvalue weighted by Gasteiger charge is -2.36. The minimum absolute atomic E-state index is 0.0403. The highest BCUT2D eigenvalue weighted by atomic mass is 19.1. The predicted octanol–water partition coefficient (Wildman–Crippen LogP) is 1.36. The van der Waals surface area contributed by atoms with Crippen LogP contribution in [0.2, 0.25) is 0 Å². The molecule has 3 atom stereocenters. The molecule has 1 aromatic carbocycles. The average Bonchev–Trinajstić information content (AvgIpc) is 2.83. The largest absolute Gasteiger partial charge is 0.381 e. The van der Waals surface area contributed by atoms with Crippen LogP contribution in [0.4, 0.5) is 10.1 Å². The zero-order valence-electron chi connectivity index (χ0n) is 17.7. The number of morpholine rings is 1. The first-order valence-corrected chi connectivity index (χ1v) is 11.2. The fourth-order valence-electron chi connectivity index (χ4n) is 4.62. The predicted molar refractivity (Wildman–Crippen MR) is 122 cm³/mol. The molecule has 0 amide bonds. The fourth-order valence-corrected chi connectivity index (χ4v) is 4.62. The van der Waals surface area contributed by atoms with Crippen LogP contribution in [-0.2, 0) is 4.74 Å². The summed E-state index contributed by atoms with van der Waals surface area (Å²) in [5, 5.41) is 13.2. The molecular formula is C23H31FN6O. The Hall–Kier alpha value is -2.58. The molecule has 4 aliphatic rings. The Morgan fingerprint density at radius 3 is 2.74 bits per heavy atom. The lowest BCUT2D eigenvalue weighted by molar-refractivity contribution is 0.122. The van der Waals surface area contributed by atoms with Gasteiger partial charge in [-0.2, -0.15) is 0 Å². The van der Waals surface area contributed by atoms with Crippen molar-refractivity contribution in [3.63, 3.8) is 0 Å². The van der Waals surface area contributed by atoms with Crippen LogP contribution in [0.5, 0.6) is 0 Å². The smallest absolute Gasteiger partial charge is 0.140 e. The highest BCUT2D eigenvalue weighted by molar-refractivity contribution is 5.95. The van der Waals surface area contributed by atoms with Crippen LogP contribution in [0.3, 0.4) is 0 Å². The number of piperidine rings is 1. The number of amidine groups is 1. The van der Waals surface area contributed by atoms with E-state index in [-0.39, 0.29) is 18.6 Å². The van der Waals surface area contributed by atoms with Crippen molar-refractivity contribution in [2.75, 3.05) is 50.8 Å². The number of ether oxygens (including phenoxy) is 1. The van der Waals surface area contributed by atoms with Gasteiger partial charge in [0.25, 0.3) is 0 Å². The molecule has 0 radical (unpaired) electrons. The van der Waals surface area contributed by atoms with E-state index in [1.807, 2.05) is 12.4 Å². The molecule has 2 unspecified atom stereocenters. The Bertz CT molecular complexity index is 855. The molecule has 4 N–H and O–H groups in total. The number of nitrogens with one attached hydrogen (secondary N) is 4. The first kappa shape index (κ1) is 20.3. The topological polar surface area (TPSA) is 73.0 Å². The molecule has 4 heterocycles. The van der Waals surface area contributed by atoms with E-state index in [9.17, 15) is 0 Å². The first-order valence-electron chi connectivity index (χ1n) is 11.2. The Labute approximate surface area is 182 Å². The molecule has 31 heavy (non-hydrogen) atoms. The third-order valence-corrected chi connectivity index (χ3v) is 6.43. The van der Waals surface area contributed by atoms with Gasteiger partial charge in [-0.05, 0) is 37.6 Å². The zero-order valence-corrected chi connectivity index (χ0v) is 17.7. The third-order valence-electron chi connectivity index (χ3n) is 6.43. The van der Waals surface area contributed by atoms with Gasteiger partial charge in [-0.25, -0.2) is 9.38 Å². The number of halogens is 1. The number of alkyl halides is 1.